The second-order valence-electron chi connectivity index (χ2n) is 9.70. The first-order valence-corrected chi connectivity index (χ1v) is 11.4. The molecule has 7 heteroatoms. The monoisotopic (exact) mass is 471 g/mol. The summed E-state index contributed by atoms with van der Waals surface area (Å²) in [5, 5.41) is 0.268. The number of benzene rings is 2. The smallest absolute Gasteiger partial charge is 0.410 e. The second-order valence-corrected chi connectivity index (χ2v) is 10.1. The van der Waals surface area contributed by atoms with Crippen LogP contribution in [0.15, 0.2) is 36.4 Å². The Morgan fingerprint density at radius 1 is 1.24 bits per heavy atom. The van der Waals surface area contributed by atoms with Gasteiger partial charge in [0.05, 0.1) is 5.57 Å². The van der Waals surface area contributed by atoms with Gasteiger partial charge >= 0.3 is 6.09 Å². The average molecular weight is 472 g/mol. The van der Waals surface area contributed by atoms with Gasteiger partial charge in [-0.15, -0.1) is 0 Å². The molecule has 1 amide bonds. The molecule has 2 aliphatic heterocycles. The molecule has 1 atom stereocenters. The van der Waals surface area contributed by atoms with Crippen LogP contribution >= 0.6 is 11.6 Å². The van der Waals surface area contributed by atoms with Crippen LogP contribution in [0.4, 0.5) is 9.18 Å². The van der Waals surface area contributed by atoms with Gasteiger partial charge in [-0.1, -0.05) is 35.9 Å². The summed E-state index contributed by atoms with van der Waals surface area (Å²) in [7, 11) is 0. The number of para-hydroxylation sites is 1. The van der Waals surface area contributed by atoms with E-state index in [9.17, 15) is 14.0 Å². The number of ether oxygens (including phenoxy) is 2. The molecule has 174 valence electrons. The first-order valence-electron chi connectivity index (χ1n) is 11.0. The number of fused-ring (bicyclic) bond motifs is 1. The summed E-state index contributed by atoms with van der Waals surface area (Å²) in [6.45, 7) is 8.34. The molecular formula is C26H27ClFNO4. The standard InChI is InChI=1S/C26H27ClFNO4/c1-25(2,3)33-24(31)29-12-10-16(11-13-29)18-6-5-7-19-21(15-30)26(4,32-23(18)19)20-9-8-17(27)14-22(20)28/h5-9,14,16H,10-13H2,1-4H3. The SMILES string of the molecule is CC(C)(C)OC(=O)N1CCC(c2cccc3c2OC(C)(c2ccc(Cl)cc2F)C3=C=O)CC1. The lowest BCUT2D eigenvalue weighted by atomic mass is 9.84. The van der Waals surface area contributed by atoms with Crippen LogP contribution in [0.1, 0.15) is 63.1 Å². The first kappa shape index (κ1) is 23.3. The van der Waals surface area contributed by atoms with E-state index in [1.807, 2.05) is 38.8 Å². The van der Waals surface area contributed by atoms with Crippen molar-refractivity contribution in [3.05, 3.63) is 63.9 Å². The van der Waals surface area contributed by atoms with Gasteiger partial charge in [-0.3, -0.25) is 0 Å². The predicted molar refractivity (Wildman–Crippen MR) is 125 cm³/mol. The van der Waals surface area contributed by atoms with Crippen LogP contribution in [-0.4, -0.2) is 35.6 Å². The van der Waals surface area contributed by atoms with Crippen molar-refractivity contribution in [2.45, 2.75) is 57.7 Å². The molecule has 33 heavy (non-hydrogen) atoms. The third kappa shape index (κ3) is 4.38. The van der Waals surface area contributed by atoms with Crippen LogP contribution in [0.5, 0.6) is 5.75 Å². The summed E-state index contributed by atoms with van der Waals surface area (Å²) < 4.78 is 26.6. The van der Waals surface area contributed by atoms with E-state index in [1.54, 1.807) is 30.0 Å². The molecular weight excluding hydrogens is 445 g/mol. The molecule has 2 aromatic carbocycles. The van der Waals surface area contributed by atoms with E-state index in [0.29, 0.717) is 24.4 Å². The maximum Gasteiger partial charge on any atom is 0.410 e. The maximum absolute atomic E-state index is 14.8. The van der Waals surface area contributed by atoms with Gasteiger partial charge in [0, 0.05) is 29.2 Å². The van der Waals surface area contributed by atoms with Crippen molar-refractivity contribution < 1.29 is 23.5 Å². The zero-order chi connectivity index (χ0) is 24.0. The number of nitrogens with zero attached hydrogens (tertiary/aromatic N) is 1. The number of rotatable bonds is 2. The zero-order valence-corrected chi connectivity index (χ0v) is 20.0. The van der Waals surface area contributed by atoms with E-state index in [-0.39, 0.29) is 28.2 Å². The van der Waals surface area contributed by atoms with Crippen LogP contribution in [0, 0.1) is 5.82 Å². The topological polar surface area (TPSA) is 55.8 Å². The van der Waals surface area contributed by atoms with Crippen LogP contribution in [0.2, 0.25) is 5.02 Å². The highest BCUT2D eigenvalue weighted by Crippen LogP contribution is 2.52. The largest absolute Gasteiger partial charge is 0.476 e. The van der Waals surface area contributed by atoms with Crippen molar-refractivity contribution in [3.8, 4) is 5.75 Å². The van der Waals surface area contributed by atoms with Crippen LogP contribution in [0.3, 0.4) is 0 Å². The van der Waals surface area contributed by atoms with Crippen LogP contribution in [0.25, 0.3) is 5.57 Å². The fraction of sp³-hybridized carbons (Fsp3) is 0.423. The zero-order valence-electron chi connectivity index (χ0n) is 19.2. The summed E-state index contributed by atoms with van der Waals surface area (Å²) in [6.07, 6.45) is 1.14. The lowest BCUT2D eigenvalue weighted by Crippen LogP contribution is -2.41. The highest BCUT2D eigenvalue weighted by Gasteiger charge is 2.46. The molecule has 4 rings (SSSR count). The van der Waals surface area contributed by atoms with Gasteiger partial charge in [-0.05, 0) is 64.2 Å². The summed E-state index contributed by atoms with van der Waals surface area (Å²) in [5.41, 5.74) is 0.197. The average Bonchev–Trinajstić information content (AvgIpc) is 3.04. The van der Waals surface area contributed by atoms with Crippen molar-refractivity contribution in [2.24, 2.45) is 0 Å². The van der Waals surface area contributed by atoms with Gasteiger partial charge in [-0.25, -0.2) is 14.0 Å². The highest BCUT2D eigenvalue weighted by molar-refractivity contribution is 6.30. The van der Waals surface area contributed by atoms with E-state index >= 15 is 0 Å². The van der Waals surface area contributed by atoms with E-state index in [1.165, 1.54) is 6.07 Å². The second kappa shape index (κ2) is 8.51. The van der Waals surface area contributed by atoms with Crippen molar-refractivity contribution >= 4 is 29.2 Å². The Morgan fingerprint density at radius 3 is 2.55 bits per heavy atom. The van der Waals surface area contributed by atoms with E-state index in [4.69, 9.17) is 21.1 Å². The fourth-order valence-electron chi connectivity index (χ4n) is 4.62. The first-order chi connectivity index (χ1) is 15.5. The minimum Gasteiger partial charge on any atom is -0.476 e. The molecule has 0 saturated carbocycles. The predicted octanol–water partition coefficient (Wildman–Crippen LogP) is 6.12. The third-order valence-electron chi connectivity index (χ3n) is 6.23. The molecule has 2 aromatic rings. The van der Waals surface area contributed by atoms with Crippen molar-refractivity contribution in [2.75, 3.05) is 13.1 Å². The summed E-state index contributed by atoms with van der Waals surface area (Å²) >= 11 is 5.92. The highest BCUT2D eigenvalue weighted by atomic mass is 35.5. The molecule has 0 N–H and O–H groups in total. The lowest BCUT2D eigenvalue weighted by Gasteiger charge is -2.34. The number of amides is 1. The number of carbonyl (C=O) groups is 1. The van der Waals surface area contributed by atoms with E-state index in [0.717, 1.165) is 18.4 Å². The molecule has 2 aliphatic rings. The summed E-state index contributed by atoms with van der Waals surface area (Å²) in [5.74, 6) is 2.15. The van der Waals surface area contributed by atoms with Crippen molar-refractivity contribution in [3.63, 3.8) is 0 Å². The van der Waals surface area contributed by atoms with Gasteiger partial charge in [0.1, 0.15) is 23.1 Å². The van der Waals surface area contributed by atoms with Gasteiger partial charge in [0.2, 0.25) is 0 Å². The Kier molecular flexibility index (Phi) is 6.02. The molecule has 0 spiro atoms. The number of halogens is 2. The van der Waals surface area contributed by atoms with Gasteiger partial charge < -0.3 is 14.4 Å². The number of likely N-dealkylation sites (tertiary alicyclic amines) is 1. The number of hydrogen-bond donors (Lipinski definition) is 0. The normalized spacial score (nSPS) is 20.8. The molecule has 1 saturated heterocycles. The molecule has 1 fully saturated rings. The van der Waals surface area contributed by atoms with Gasteiger partial charge in [-0.2, -0.15) is 0 Å². The van der Waals surface area contributed by atoms with E-state index < -0.39 is 17.0 Å². The molecule has 0 aromatic heterocycles. The Bertz CT molecular complexity index is 1140. The fourth-order valence-corrected chi connectivity index (χ4v) is 4.78. The third-order valence-corrected chi connectivity index (χ3v) is 6.47. The molecule has 0 bridgehead atoms. The van der Waals surface area contributed by atoms with Crippen LogP contribution in [-0.2, 0) is 15.1 Å². The Morgan fingerprint density at radius 2 is 1.94 bits per heavy atom. The number of hydrogen-bond acceptors (Lipinski definition) is 4. The minimum atomic E-state index is -1.31. The molecule has 5 nitrogen and oxygen atoms in total. The lowest BCUT2D eigenvalue weighted by molar-refractivity contribution is 0.0204. The number of carbonyl (C=O) groups excluding carboxylic acids is 2. The summed E-state index contributed by atoms with van der Waals surface area (Å²) in [6, 6.07) is 9.98. The van der Waals surface area contributed by atoms with Gasteiger partial charge in [0.15, 0.2) is 5.60 Å². The summed E-state index contributed by atoms with van der Waals surface area (Å²) in [4.78, 5) is 26.1. The van der Waals surface area contributed by atoms with Crippen LogP contribution < -0.4 is 4.74 Å². The Balaban J connectivity index is 1.61. The quantitative estimate of drug-likeness (QED) is 0.495. The number of piperidine rings is 1. The molecule has 2 heterocycles. The van der Waals surface area contributed by atoms with E-state index in [2.05, 4.69) is 0 Å². The molecule has 1 unspecified atom stereocenters. The Hall–Kier alpha value is -2.82. The molecule has 0 radical (unpaired) electrons. The maximum atomic E-state index is 14.8. The van der Waals surface area contributed by atoms with Crippen molar-refractivity contribution in [1.29, 1.82) is 0 Å². The minimum absolute atomic E-state index is 0.129. The Labute approximate surface area is 198 Å². The van der Waals surface area contributed by atoms with Crippen molar-refractivity contribution in [1.82, 2.24) is 4.90 Å². The van der Waals surface area contributed by atoms with Gasteiger partial charge in [0.25, 0.3) is 0 Å². The molecule has 0 aliphatic carbocycles.